The number of likely N-dealkylation sites (N-methyl/N-ethyl adjacent to an activating group) is 1. The summed E-state index contributed by atoms with van der Waals surface area (Å²) in [6.45, 7) is 1.60. The molecular formula is C18H17ClFN3O2. The monoisotopic (exact) mass is 361 g/mol. The van der Waals surface area contributed by atoms with E-state index < -0.39 is 0 Å². The molecule has 0 aliphatic rings. The highest BCUT2D eigenvalue weighted by Gasteiger charge is 2.06. The minimum absolute atomic E-state index is 0.168. The molecule has 7 heteroatoms. The third kappa shape index (κ3) is 4.55. The Morgan fingerprint density at radius 2 is 2.00 bits per heavy atom. The summed E-state index contributed by atoms with van der Waals surface area (Å²) in [4.78, 5) is 18.6. The highest BCUT2D eigenvalue weighted by atomic mass is 35.5. The van der Waals surface area contributed by atoms with Crippen molar-refractivity contribution in [3.63, 3.8) is 0 Å². The van der Waals surface area contributed by atoms with Crippen LogP contribution in [0.4, 0.5) is 4.39 Å². The van der Waals surface area contributed by atoms with Gasteiger partial charge in [0, 0.05) is 25.4 Å². The summed E-state index contributed by atoms with van der Waals surface area (Å²) >= 11 is 5.90. The Morgan fingerprint density at radius 3 is 2.76 bits per heavy atom. The first kappa shape index (κ1) is 17.4. The zero-order valence-corrected chi connectivity index (χ0v) is 14.4. The van der Waals surface area contributed by atoms with E-state index in [1.807, 2.05) is 11.9 Å². The maximum atomic E-state index is 12.8. The average Bonchev–Trinajstić information content (AvgIpc) is 2.57. The molecule has 3 rings (SSSR count). The van der Waals surface area contributed by atoms with E-state index in [1.54, 1.807) is 30.5 Å². The van der Waals surface area contributed by atoms with E-state index in [4.69, 9.17) is 16.3 Å². The van der Waals surface area contributed by atoms with Crippen molar-refractivity contribution in [1.29, 1.82) is 0 Å². The molecule has 25 heavy (non-hydrogen) atoms. The van der Waals surface area contributed by atoms with Gasteiger partial charge in [-0.05, 0) is 43.4 Å². The minimum Gasteiger partial charge on any atom is -0.492 e. The van der Waals surface area contributed by atoms with Crippen LogP contribution in [0.3, 0.4) is 0 Å². The Balaban J connectivity index is 1.60. The fraction of sp³-hybridized carbons (Fsp3) is 0.222. The molecule has 0 spiro atoms. The summed E-state index contributed by atoms with van der Waals surface area (Å²) in [7, 11) is 1.92. The van der Waals surface area contributed by atoms with Crippen LogP contribution >= 0.6 is 11.6 Å². The highest BCUT2D eigenvalue weighted by Crippen LogP contribution is 2.11. The summed E-state index contributed by atoms with van der Waals surface area (Å²) in [5.41, 5.74) is 1.07. The number of benzene rings is 1. The van der Waals surface area contributed by atoms with Crippen LogP contribution in [-0.2, 0) is 6.54 Å². The van der Waals surface area contributed by atoms with Gasteiger partial charge >= 0.3 is 0 Å². The second-order valence-electron chi connectivity index (χ2n) is 5.70. The number of pyridine rings is 1. The molecule has 0 atom stereocenters. The van der Waals surface area contributed by atoms with Gasteiger partial charge in [-0.3, -0.25) is 14.1 Å². The van der Waals surface area contributed by atoms with Gasteiger partial charge in [0.1, 0.15) is 23.8 Å². The number of rotatable bonds is 6. The van der Waals surface area contributed by atoms with Crippen LogP contribution in [-0.4, -0.2) is 34.5 Å². The molecule has 0 aliphatic carbocycles. The molecule has 2 aromatic heterocycles. The average molecular weight is 362 g/mol. The molecule has 0 saturated heterocycles. The number of hydrogen-bond donors (Lipinski definition) is 0. The van der Waals surface area contributed by atoms with E-state index in [0.717, 1.165) is 0 Å². The standard InChI is InChI=1S/C18H17ClFN3O2/c1-22(8-9-25-16-5-3-14(20)4-6-16)12-15-10-18(24)23-11-13(19)2-7-17(23)21-15/h2-7,10-11H,8-9,12H2,1H3. The summed E-state index contributed by atoms with van der Waals surface area (Å²) in [6.07, 6.45) is 1.55. The van der Waals surface area contributed by atoms with E-state index in [0.29, 0.717) is 41.8 Å². The van der Waals surface area contributed by atoms with Crippen molar-refractivity contribution in [2.24, 2.45) is 0 Å². The van der Waals surface area contributed by atoms with Crippen molar-refractivity contribution in [3.8, 4) is 5.75 Å². The molecule has 2 heterocycles. The summed E-state index contributed by atoms with van der Waals surface area (Å²) in [5.74, 6) is 0.327. The van der Waals surface area contributed by atoms with Crippen LogP contribution in [0.5, 0.6) is 5.75 Å². The molecule has 0 unspecified atom stereocenters. The maximum Gasteiger partial charge on any atom is 0.258 e. The molecule has 3 aromatic rings. The lowest BCUT2D eigenvalue weighted by Crippen LogP contribution is -2.26. The Hall–Kier alpha value is -2.44. The van der Waals surface area contributed by atoms with Crippen LogP contribution < -0.4 is 10.3 Å². The smallest absolute Gasteiger partial charge is 0.258 e. The van der Waals surface area contributed by atoms with E-state index in [1.165, 1.54) is 22.6 Å². The van der Waals surface area contributed by atoms with Crippen LogP contribution in [0.25, 0.3) is 5.65 Å². The fourth-order valence-corrected chi connectivity index (χ4v) is 2.57. The molecule has 0 fully saturated rings. The number of fused-ring (bicyclic) bond motifs is 1. The molecule has 0 N–H and O–H groups in total. The van der Waals surface area contributed by atoms with Gasteiger partial charge in [0.05, 0.1) is 10.7 Å². The predicted molar refractivity (Wildman–Crippen MR) is 94.7 cm³/mol. The van der Waals surface area contributed by atoms with Crippen molar-refractivity contribution in [1.82, 2.24) is 14.3 Å². The van der Waals surface area contributed by atoms with Gasteiger partial charge in [-0.15, -0.1) is 0 Å². The second-order valence-corrected chi connectivity index (χ2v) is 6.14. The SMILES string of the molecule is CN(CCOc1ccc(F)cc1)Cc1cc(=O)n2cc(Cl)ccc2n1. The lowest BCUT2D eigenvalue weighted by molar-refractivity contribution is 0.231. The molecule has 0 saturated carbocycles. The topological polar surface area (TPSA) is 46.8 Å². The summed E-state index contributed by atoms with van der Waals surface area (Å²) < 4.78 is 19.8. The van der Waals surface area contributed by atoms with Gasteiger partial charge in [0.15, 0.2) is 0 Å². The number of nitrogens with zero attached hydrogens (tertiary/aromatic N) is 3. The predicted octanol–water partition coefficient (Wildman–Crippen LogP) is 3.00. The Kier molecular flexibility index (Phi) is 5.31. The molecule has 0 amide bonds. The molecule has 0 radical (unpaired) electrons. The largest absolute Gasteiger partial charge is 0.492 e. The Morgan fingerprint density at radius 1 is 1.24 bits per heavy atom. The summed E-state index contributed by atoms with van der Waals surface area (Å²) in [6, 6.07) is 10.8. The Labute approximate surface area is 149 Å². The van der Waals surface area contributed by atoms with Crippen molar-refractivity contribution in [2.75, 3.05) is 20.2 Å². The number of ether oxygens (including phenoxy) is 1. The molecule has 1 aromatic carbocycles. The first-order valence-electron chi connectivity index (χ1n) is 7.76. The van der Waals surface area contributed by atoms with Crippen molar-refractivity contribution < 1.29 is 9.13 Å². The highest BCUT2D eigenvalue weighted by molar-refractivity contribution is 6.30. The van der Waals surface area contributed by atoms with Crippen LogP contribution in [0.2, 0.25) is 5.02 Å². The second kappa shape index (κ2) is 7.63. The van der Waals surface area contributed by atoms with E-state index in [2.05, 4.69) is 4.98 Å². The first-order valence-corrected chi connectivity index (χ1v) is 8.14. The van der Waals surface area contributed by atoms with Gasteiger partial charge in [0.2, 0.25) is 0 Å². The fourth-order valence-electron chi connectivity index (χ4n) is 2.41. The lowest BCUT2D eigenvalue weighted by atomic mass is 10.3. The molecule has 130 valence electrons. The maximum absolute atomic E-state index is 12.8. The van der Waals surface area contributed by atoms with Gasteiger partial charge in [0.25, 0.3) is 5.56 Å². The van der Waals surface area contributed by atoms with Gasteiger partial charge in [-0.2, -0.15) is 0 Å². The summed E-state index contributed by atoms with van der Waals surface area (Å²) in [5, 5.41) is 0.485. The van der Waals surface area contributed by atoms with Crippen LogP contribution in [0.15, 0.2) is 53.5 Å². The number of halogens is 2. The van der Waals surface area contributed by atoms with E-state index in [9.17, 15) is 9.18 Å². The quantitative estimate of drug-likeness (QED) is 0.677. The molecule has 5 nitrogen and oxygen atoms in total. The van der Waals surface area contributed by atoms with E-state index in [-0.39, 0.29) is 11.4 Å². The third-order valence-electron chi connectivity index (χ3n) is 3.66. The number of aromatic nitrogens is 2. The van der Waals surface area contributed by atoms with Crippen LogP contribution in [0, 0.1) is 5.82 Å². The van der Waals surface area contributed by atoms with Crippen molar-refractivity contribution in [2.45, 2.75) is 6.54 Å². The number of hydrogen-bond acceptors (Lipinski definition) is 4. The van der Waals surface area contributed by atoms with Gasteiger partial charge in [-0.25, -0.2) is 9.37 Å². The van der Waals surface area contributed by atoms with Crippen LogP contribution in [0.1, 0.15) is 5.69 Å². The van der Waals surface area contributed by atoms with Gasteiger partial charge in [-0.1, -0.05) is 11.6 Å². The van der Waals surface area contributed by atoms with Gasteiger partial charge < -0.3 is 4.74 Å². The zero-order valence-electron chi connectivity index (χ0n) is 13.7. The van der Waals surface area contributed by atoms with E-state index >= 15 is 0 Å². The minimum atomic E-state index is -0.292. The lowest BCUT2D eigenvalue weighted by Gasteiger charge is -2.16. The molecule has 0 aliphatic heterocycles. The van der Waals surface area contributed by atoms with Crippen molar-refractivity contribution >= 4 is 17.2 Å². The third-order valence-corrected chi connectivity index (χ3v) is 3.89. The molecule has 0 bridgehead atoms. The normalized spacial score (nSPS) is 11.2. The van der Waals surface area contributed by atoms with Crippen molar-refractivity contribution in [3.05, 3.63) is 75.5 Å². The molecular weight excluding hydrogens is 345 g/mol. The first-order chi connectivity index (χ1) is 12.0. The zero-order chi connectivity index (χ0) is 17.8. The Bertz CT molecular complexity index is 928.